The molecule has 0 heterocycles. The molecule has 0 aliphatic rings. The number of ketones is 3. The van der Waals surface area contributed by atoms with Crippen molar-refractivity contribution < 1.29 is 34.1 Å². The van der Waals surface area contributed by atoms with Gasteiger partial charge in [-0.15, -0.1) is 0 Å². The lowest BCUT2D eigenvalue weighted by molar-refractivity contribution is -0.190. The predicted molar refractivity (Wildman–Crippen MR) is 58.6 cm³/mol. The minimum Gasteiger partial charge on any atom is -0.440 e. The van der Waals surface area contributed by atoms with Gasteiger partial charge in [-0.3, -0.25) is 19.2 Å². The Hall–Kier alpha value is -1.60. The Kier molecular flexibility index (Phi) is 5.31. The van der Waals surface area contributed by atoms with Crippen LogP contribution in [-0.4, -0.2) is 51.3 Å². The summed E-state index contributed by atoms with van der Waals surface area (Å²) in [6.07, 6.45) is -3.56. The van der Waals surface area contributed by atoms with Crippen LogP contribution in [0.15, 0.2) is 0 Å². The topological polar surface area (TPSA) is 118 Å². The number of carbonyl (C=O) groups excluding carboxylic acids is 4. The fraction of sp³-hybridized carbons (Fsp3) is 0.636. The molecule has 2 N–H and O–H groups in total. The summed E-state index contributed by atoms with van der Waals surface area (Å²) < 4.78 is 4.58. The second-order valence-electron chi connectivity index (χ2n) is 3.96. The predicted octanol–water partition coefficient (Wildman–Crippen LogP) is -1.22. The lowest BCUT2D eigenvalue weighted by Crippen LogP contribution is -2.62. The molecule has 0 aromatic heterocycles. The van der Waals surface area contributed by atoms with E-state index in [1.54, 1.807) is 0 Å². The molecule has 3 atom stereocenters. The van der Waals surface area contributed by atoms with Crippen molar-refractivity contribution in [1.29, 1.82) is 0 Å². The number of rotatable bonds is 6. The van der Waals surface area contributed by atoms with Crippen molar-refractivity contribution in [3.8, 4) is 0 Å². The summed E-state index contributed by atoms with van der Waals surface area (Å²) >= 11 is 0. The van der Waals surface area contributed by atoms with Crippen molar-refractivity contribution in [2.24, 2.45) is 0 Å². The van der Waals surface area contributed by atoms with Gasteiger partial charge < -0.3 is 14.9 Å². The minimum absolute atomic E-state index is 0.873. The quantitative estimate of drug-likeness (QED) is 0.349. The molecule has 0 rings (SSSR count). The van der Waals surface area contributed by atoms with Crippen LogP contribution in [0.1, 0.15) is 27.7 Å². The van der Waals surface area contributed by atoms with E-state index in [9.17, 15) is 29.4 Å². The van der Waals surface area contributed by atoms with Crippen molar-refractivity contribution in [3.63, 3.8) is 0 Å². The Morgan fingerprint density at radius 2 is 1.50 bits per heavy atom. The van der Waals surface area contributed by atoms with Gasteiger partial charge in [0.15, 0.2) is 11.6 Å². The van der Waals surface area contributed by atoms with Crippen molar-refractivity contribution >= 4 is 23.3 Å². The normalized spacial score (nSPS) is 17.2. The molecule has 0 aromatic carbocycles. The number of esters is 1. The Morgan fingerprint density at radius 3 is 1.72 bits per heavy atom. The maximum Gasteiger partial charge on any atom is 0.304 e. The third-order valence-corrected chi connectivity index (χ3v) is 2.36. The summed E-state index contributed by atoms with van der Waals surface area (Å²) in [4.78, 5) is 45.4. The van der Waals surface area contributed by atoms with Crippen LogP contribution in [0.25, 0.3) is 0 Å². The van der Waals surface area contributed by atoms with Crippen LogP contribution in [-0.2, 0) is 23.9 Å². The fourth-order valence-electron chi connectivity index (χ4n) is 1.51. The highest BCUT2D eigenvalue weighted by atomic mass is 16.6. The zero-order valence-corrected chi connectivity index (χ0v) is 10.6. The van der Waals surface area contributed by atoms with E-state index >= 15 is 0 Å². The Balaban J connectivity index is 5.88. The van der Waals surface area contributed by atoms with Crippen molar-refractivity contribution in [1.82, 2.24) is 0 Å². The first-order chi connectivity index (χ1) is 8.07. The second-order valence-corrected chi connectivity index (χ2v) is 3.96. The summed E-state index contributed by atoms with van der Waals surface area (Å²) in [5.41, 5.74) is -2.69. The molecule has 7 nitrogen and oxygen atoms in total. The van der Waals surface area contributed by atoms with E-state index in [2.05, 4.69) is 4.74 Å². The summed E-state index contributed by atoms with van der Waals surface area (Å²) in [7, 11) is 0. The highest BCUT2D eigenvalue weighted by Gasteiger charge is 2.56. The SMILES string of the molecule is CC(=O)O[C@@](C(C)=O)(C(=O)C(C)=O)C(O)C(C)O. The fourth-order valence-corrected chi connectivity index (χ4v) is 1.51. The third kappa shape index (κ3) is 2.99. The summed E-state index contributed by atoms with van der Waals surface area (Å²) in [5.74, 6) is -4.50. The van der Waals surface area contributed by atoms with E-state index in [1.807, 2.05) is 0 Å². The van der Waals surface area contributed by atoms with E-state index in [1.165, 1.54) is 0 Å². The first-order valence-corrected chi connectivity index (χ1v) is 5.19. The average Bonchev–Trinajstić information content (AvgIpc) is 2.22. The zero-order chi connectivity index (χ0) is 14.7. The number of aliphatic hydroxyl groups is 2. The second kappa shape index (κ2) is 5.83. The van der Waals surface area contributed by atoms with Crippen LogP contribution in [0.3, 0.4) is 0 Å². The average molecular weight is 260 g/mol. The Morgan fingerprint density at radius 1 is 1.06 bits per heavy atom. The van der Waals surface area contributed by atoms with Gasteiger partial charge in [0.25, 0.3) is 11.4 Å². The molecule has 0 bridgehead atoms. The number of aliphatic hydroxyl groups excluding tert-OH is 2. The van der Waals surface area contributed by atoms with Crippen LogP contribution in [0.2, 0.25) is 0 Å². The van der Waals surface area contributed by atoms with E-state index in [0.717, 1.165) is 27.7 Å². The molecule has 0 amide bonds. The van der Waals surface area contributed by atoms with E-state index in [-0.39, 0.29) is 0 Å². The first-order valence-electron chi connectivity index (χ1n) is 5.19. The van der Waals surface area contributed by atoms with Crippen molar-refractivity contribution in [2.75, 3.05) is 0 Å². The molecule has 0 saturated carbocycles. The van der Waals surface area contributed by atoms with E-state index in [0.29, 0.717) is 0 Å². The van der Waals surface area contributed by atoms with Crippen LogP contribution in [0, 0.1) is 0 Å². The number of hydrogen-bond acceptors (Lipinski definition) is 7. The van der Waals surface area contributed by atoms with Crippen molar-refractivity contribution in [3.05, 3.63) is 0 Å². The molecule has 18 heavy (non-hydrogen) atoms. The lowest BCUT2D eigenvalue weighted by Gasteiger charge is -2.33. The van der Waals surface area contributed by atoms with Crippen LogP contribution in [0.5, 0.6) is 0 Å². The monoisotopic (exact) mass is 260 g/mol. The molecule has 0 spiro atoms. The van der Waals surface area contributed by atoms with Gasteiger partial charge >= 0.3 is 5.97 Å². The minimum atomic E-state index is -2.69. The highest BCUT2D eigenvalue weighted by Crippen LogP contribution is 2.23. The zero-order valence-electron chi connectivity index (χ0n) is 10.6. The lowest BCUT2D eigenvalue weighted by atomic mass is 9.83. The van der Waals surface area contributed by atoms with Gasteiger partial charge in [0, 0.05) is 13.8 Å². The van der Waals surface area contributed by atoms with Crippen LogP contribution >= 0.6 is 0 Å². The van der Waals surface area contributed by atoms with Gasteiger partial charge in [-0.05, 0) is 13.8 Å². The number of Topliss-reactive ketones (excluding diaryl/α,β-unsaturated/α-hetero) is 3. The summed E-state index contributed by atoms with van der Waals surface area (Å²) in [6, 6.07) is 0. The van der Waals surface area contributed by atoms with Gasteiger partial charge in [0.1, 0.15) is 6.10 Å². The van der Waals surface area contributed by atoms with E-state index in [4.69, 9.17) is 0 Å². The first kappa shape index (κ1) is 16.4. The van der Waals surface area contributed by atoms with Crippen LogP contribution in [0.4, 0.5) is 0 Å². The summed E-state index contributed by atoms with van der Waals surface area (Å²) in [6.45, 7) is 3.77. The summed E-state index contributed by atoms with van der Waals surface area (Å²) in [5, 5.41) is 19.0. The molecular formula is C11H16O7. The van der Waals surface area contributed by atoms with Crippen molar-refractivity contribution in [2.45, 2.75) is 45.5 Å². The van der Waals surface area contributed by atoms with Gasteiger partial charge in [0.05, 0.1) is 6.10 Å². The molecular weight excluding hydrogens is 244 g/mol. The highest BCUT2D eigenvalue weighted by molar-refractivity contribution is 6.44. The molecule has 0 saturated heterocycles. The maximum atomic E-state index is 11.8. The third-order valence-electron chi connectivity index (χ3n) is 2.36. The molecule has 0 aromatic rings. The number of hydrogen-bond donors (Lipinski definition) is 2. The Labute approximate surface area is 104 Å². The van der Waals surface area contributed by atoms with Gasteiger partial charge in [-0.1, -0.05) is 0 Å². The van der Waals surface area contributed by atoms with Gasteiger partial charge in [0.2, 0.25) is 0 Å². The maximum absolute atomic E-state index is 11.8. The van der Waals surface area contributed by atoms with Crippen LogP contribution < -0.4 is 0 Å². The Bertz CT molecular complexity index is 385. The molecule has 0 fully saturated rings. The standard InChI is InChI=1S/C11H16O7/c1-5(12)9(16)11(7(3)14,18-8(4)15)10(17)6(2)13/h5,9,12,16H,1-4H3/t5?,9?,11-/m1/s1. The van der Waals surface area contributed by atoms with E-state index < -0.39 is 41.1 Å². The van der Waals surface area contributed by atoms with Gasteiger partial charge in [-0.25, -0.2) is 0 Å². The largest absolute Gasteiger partial charge is 0.440 e. The molecule has 7 heteroatoms. The molecule has 0 aliphatic heterocycles. The molecule has 0 radical (unpaired) electrons. The smallest absolute Gasteiger partial charge is 0.304 e. The van der Waals surface area contributed by atoms with Gasteiger partial charge in [-0.2, -0.15) is 0 Å². The molecule has 2 unspecified atom stereocenters. The molecule has 0 aliphatic carbocycles. The molecule has 102 valence electrons. The number of carbonyl (C=O) groups is 4. The number of ether oxygens (including phenoxy) is 1.